The molecule has 0 aromatic heterocycles. The van der Waals surface area contributed by atoms with Crippen LogP contribution in [0.4, 0.5) is 0 Å². The molecule has 0 radical (unpaired) electrons. The van der Waals surface area contributed by atoms with Crippen LogP contribution >= 0.6 is 0 Å². The maximum absolute atomic E-state index is 11.9. The number of ether oxygens (including phenoxy) is 1. The second kappa shape index (κ2) is 5.97. The quantitative estimate of drug-likeness (QED) is 0.466. The van der Waals surface area contributed by atoms with Crippen LogP contribution in [0, 0.1) is 0 Å². The highest BCUT2D eigenvalue weighted by Crippen LogP contribution is 2.16. The Morgan fingerprint density at radius 2 is 1.68 bits per heavy atom. The van der Waals surface area contributed by atoms with Gasteiger partial charge in [0.15, 0.2) is 9.84 Å². The second-order valence-corrected chi connectivity index (χ2v) is 6.67. The molecule has 0 spiro atoms. The third-order valence-electron chi connectivity index (χ3n) is 2.53. The molecule has 0 saturated carbocycles. The van der Waals surface area contributed by atoms with Crippen LogP contribution in [-0.2, 0) is 19.4 Å². The number of hydrogen-bond acceptors (Lipinski definition) is 5. The molecule has 0 atom stereocenters. The van der Waals surface area contributed by atoms with Gasteiger partial charge in [-0.3, -0.25) is 4.79 Å². The van der Waals surface area contributed by atoms with E-state index in [1.165, 1.54) is 24.3 Å². The van der Waals surface area contributed by atoms with Crippen LogP contribution in [0.15, 0.2) is 29.2 Å². The zero-order valence-electron chi connectivity index (χ0n) is 11.0. The van der Waals surface area contributed by atoms with Crippen LogP contribution in [0.2, 0.25) is 0 Å². The molecular formula is C13H16O5S. The lowest BCUT2D eigenvalue weighted by Gasteiger charge is -2.08. The average molecular weight is 284 g/mol. The Kier molecular flexibility index (Phi) is 4.83. The van der Waals surface area contributed by atoms with Crippen molar-refractivity contribution in [3.05, 3.63) is 29.8 Å². The molecule has 0 N–H and O–H groups in total. The van der Waals surface area contributed by atoms with Crippen molar-refractivity contribution >= 4 is 21.6 Å². The second-order valence-electron chi connectivity index (χ2n) is 4.17. The minimum Gasteiger partial charge on any atom is -0.460 e. The van der Waals surface area contributed by atoms with Gasteiger partial charge in [0.05, 0.1) is 16.8 Å². The first kappa shape index (κ1) is 15.4. The Morgan fingerprint density at radius 3 is 2.11 bits per heavy atom. The molecule has 0 aliphatic rings. The van der Waals surface area contributed by atoms with Gasteiger partial charge in [-0.05, 0) is 45.0 Å². The zero-order valence-corrected chi connectivity index (χ0v) is 11.9. The van der Waals surface area contributed by atoms with E-state index in [0.29, 0.717) is 0 Å². The summed E-state index contributed by atoms with van der Waals surface area (Å²) in [5.41, 5.74) is 0.112. The first-order valence-electron chi connectivity index (χ1n) is 5.86. The van der Waals surface area contributed by atoms with Gasteiger partial charge >= 0.3 is 5.97 Å². The predicted octanol–water partition coefficient (Wildman–Crippen LogP) is 1.61. The lowest BCUT2D eigenvalue weighted by molar-refractivity contribution is -0.137. The molecule has 0 aliphatic carbocycles. The van der Waals surface area contributed by atoms with E-state index in [2.05, 4.69) is 4.74 Å². The number of rotatable bonds is 5. The molecule has 0 unspecified atom stereocenters. The molecule has 0 fully saturated rings. The van der Waals surface area contributed by atoms with Gasteiger partial charge in [0.25, 0.3) is 5.78 Å². The lowest BCUT2D eigenvalue weighted by atomic mass is 10.1. The topological polar surface area (TPSA) is 77.5 Å². The molecule has 19 heavy (non-hydrogen) atoms. The van der Waals surface area contributed by atoms with Crippen molar-refractivity contribution in [1.29, 1.82) is 0 Å². The van der Waals surface area contributed by atoms with Crippen LogP contribution < -0.4 is 0 Å². The summed E-state index contributed by atoms with van der Waals surface area (Å²) in [5, 5.41) is -0.542. The van der Waals surface area contributed by atoms with E-state index in [-0.39, 0.29) is 17.1 Å². The number of carbonyl (C=O) groups is 2. The first-order chi connectivity index (χ1) is 8.80. The SMILES string of the molecule is CCOC(=O)C(=O)c1ccc(S(=O)(=O)C(C)C)cc1. The summed E-state index contributed by atoms with van der Waals surface area (Å²) >= 11 is 0. The zero-order chi connectivity index (χ0) is 14.6. The van der Waals surface area contributed by atoms with E-state index in [1.54, 1.807) is 20.8 Å². The van der Waals surface area contributed by atoms with Crippen LogP contribution in [0.25, 0.3) is 0 Å². The highest BCUT2D eigenvalue weighted by Gasteiger charge is 2.21. The summed E-state index contributed by atoms with van der Waals surface area (Å²) < 4.78 is 28.3. The van der Waals surface area contributed by atoms with E-state index < -0.39 is 26.8 Å². The third kappa shape index (κ3) is 3.41. The van der Waals surface area contributed by atoms with Crippen molar-refractivity contribution in [1.82, 2.24) is 0 Å². The molecule has 0 heterocycles. The monoisotopic (exact) mass is 284 g/mol. The molecule has 0 amide bonds. The van der Waals surface area contributed by atoms with E-state index in [0.717, 1.165) is 0 Å². The third-order valence-corrected chi connectivity index (χ3v) is 4.70. The number of carbonyl (C=O) groups excluding carboxylic acids is 2. The van der Waals surface area contributed by atoms with Gasteiger partial charge < -0.3 is 4.74 Å². The van der Waals surface area contributed by atoms with Gasteiger partial charge in [-0.2, -0.15) is 0 Å². The highest BCUT2D eigenvalue weighted by molar-refractivity contribution is 7.92. The minimum atomic E-state index is -3.38. The number of Topliss-reactive ketones (excluding diaryl/α,β-unsaturated/α-hetero) is 1. The van der Waals surface area contributed by atoms with Crippen molar-refractivity contribution in [2.45, 2.75) is 30.9 Å². The van der Waals surface area contributed by atoms with Crippen molar-refractivity contribution in [2.75, 3.05) is 6.61 Å². The van der Waals surface area contributed by atoms with Crippen LogP contribution in [0.1, 0.15) is 31.1 Å². The Morgan fingerprint density at radius 1 is 1.16 bits per heavy atom. The van der Waals surface area contributed by atoms with Crippen LogP contribution in [0.5, 0.6) is 0 Å². The number of hydrogen-bond donors (Lipinski definition) is 0. The highest BCUT2D eigenvalue weighted by atomic mass is 32.2. The van der Waals surface area contributed by atoms with Gasteiger partial charge in [0.2, 0.25) is 0 Å². The average Bonchev–Trinajstić information content (AvgIpc) is 2.38. The summed E-state index contributed by atoms with van der Waals surface area (Å²) in [4.78, 5) is 23.0. The molecule has 1 aromatic rings. The summed E-state index contributed by atoms with van der Waals surface area (Å²) in [6, 6.07) is 5.27. The van der Waals surface area contributed by atoms with Crippen molar-refractivity contribution in [3.8, 4) is 0 Å². The van der Waals surface area contributed by atoms with E-state index in [4.69, 9.17) is 0 Å². The van der Waals surface area contributed by atoms with Gasteiger partial charge in [-0.15, -0.1) is 0 Å². The van der Waals surface area contributed by atoms with Crippen LogP contribution in [-0.4, -0.2) is 32.0 Å². The number of ketones is 1. The standard InChI is InChI=1S/C13H16O5S/c1-4-18-13(15)12(14)10-5-7-11(8-6-10)19(16,17)9(2)3/h5-9H,4H2,1-3H3. The summed E-state index contributed by atoms with van der Waals surface area (Å²) in [6.07, 6.45) is 0. The maximum atomic E-state index is 11.9. The minimum absolute atomic E-state index is 0.112. The van der Waals surface area contributed by atoms with E-state index in [1.807, 2.05) is 0 Å². The van der Waals surface area contributed by atoms with Gasteiger partial charge in [-0.25, -0.2) is 13.2 Å². The Labute approximate surface area is 112 Å². The Hall–Kier alpha value is -1.69. The first-order valence-corrected chi connectivity index (χ1v) is 7.40. The molecule has 0 saturated heterocycles. The molecule has 0 aliphatic heterocycles. The smallest absolute Gasteiger partial charge is 0.379 e. The van der Waals surface area contributed by atoms with Gasteiger partial charge in [0, 0.05) is 5.56 Å². The van der Waals surface area contributed by atoms with Crippen molar-refractivity contribution in [3.63, 3.8) is 0 Å². The molecule has 5 nitrogen and oxygen atoms in total. The number of benzene rings is 1. The predicted molar refractivity (Wildman–Crippen MR) is 69.7 cm³/mol. The fourth-order valence-corrected chi connectivity index (χ4v) is 2.44. The van der Waals surface area contributed by atoms with Crippen molar-refractivity contribution < 1.29 is 22.7 Å². The number of esters is 1. The molecular weight excluding hydrogens is 268 g/mol. The van der Waals surface area contributed by atoms with Crippen LogP contribution in [0.3, 0.4) is 0 Å². The van der Waals surface area contributed by atoms with E-state index >= 15 is 0 Å². The summed E-state index contributed by atoms with van der Waals surface area (Å²) in [7, 11) is -3.38. The Bertz CT molecular complexity index is 570. The molecule has 1 aromatic carbocycles. The maximum Gasteiger partial charge on any atom is 0.379 e. The normalized spacial score (nSPS) is 11.4. The molecule has 104 valence electrons. The largest absolute Gasteiger partial charge is 0.460 e. The van der Waals surface area contributed by atoms with Crippen molar-refractivity contribution in [2.24, 2.45) is 0 Å². The molecule has 0 bridgehead atoms. The van der Waals surface area contributed by atoms with Gasteiger partial charge in [-0.1, -0.05) is 0 Å². The summed E-state index contributed by atoms with van der Waals surface area (Å²) in [5.74, 6) is -1.72. The fraction of sp³-hybridized carbons (Fsp3) is 0.385. The molecule has 1 rings (SSSR count). The van der Waals surface area contributed by atoms with E-state index in [9.17, 15) is 18.0 Å². The summed E-state index contributed by atoms with van der Waals surface area (Å²) in [6.45, 7) is 4.87. The fourth-order valence-electron chi connectivity index (χ4n) is 1.38. The molecule has 6 heteroatoms. The van der Waals surface area contributed by atoms with Gasteiger partial charge in [0.1, 0.15) is 0 Å². The Balaban J connectivity index is 3.01. The lowest BCUT2D eigenvalue weighted by Crippen LogP contribution is -2.18. The number of sulfone groups is 1.